The predicted molar refractivity (Wildman–Crippen MR) is 71.0 cm³/mol. The van der Waals surface area contributed by atoms with E-state index in [4.69, 9.17) is 9.66 Å². The van der Waals surface area contributed by atoms with E-state index in [0.717, 1.165) is 6.08 Å². The molecule has 1 unspecified atom stereocenters. The number of rotatable bonds is 6. The molecular formula is C11H19NO6S. The van der Waals surface area contributed by atoms with Crippen LogP contribution in [0.1, 0.15) is 26.7 Å². The predicted octanol–water partition coefficient (Wildman–Crippen LogP) is 0.950. The molecular weight excluding hydrogens is 274 g/mol. The van der Waals surface area contributed by atoms with Crippen LogP contribution >= 0.6 is 0 Å². The van der Waals surface area contributed by atoms with Gasteiger partial charge < -0.3 is 10.4 Å². The first kappa shape index (κ1) is 19.7. The van der Waals surface area contributed by atoms with E-state index in [2.05, 4.69) is 18.5 Å². The van der Waals surface area contributed by atoms with Crippen molar-refractivity contribution >= 4 is 22.0 Å². The lowest BCUT2D eigenvalue weighted by molar-refractivity contribution is -0.132. The fraction of sp³-hybridized carbons (Fsp3) is 0.455. The van der Waals surface area contributed by atoms with Crippen molar-refractivity contribution in [2.24, 2.45) is 0 Å². The standard InChI is InChI=1S/C7H13NO4S.C4H6O2/c1-3-5-7(13(10,11)12)8-6(9)4-2;1-3(2)4(5)6/h4,7H,2-3,5H2,1H3,(H,8,9)(H,10,11,12);1H2,2H3,(H,5,6). The third-order valence-electron chi connectivity index (χ3n) is 1.76. The SMILES string of the molecule is C=C(C)C(=O)O.C=CC(=O)NC(CCC)S(=O)(=O)O. The normalized spacial score (nSPS) is 11.5. The third-order valence-corrected chi connectivity index (χ3v) is 2.84. The fourth-order valence-electron chi connectivity index (χ4n) is 0.775. The molecule has 0 aliphatic heterocycles. The Morgan fingerprint density at radius 1 is 1.42 bits per heavy atom. The smallest absolute Gasteiger partial charge is 0.330 e. The second-order valence-electron chi connectivity index (χ2n) is 3.59. The molecule has 0 heterocycles. The number of aliphatic carboxylic acids is 1. The summed E-state index contributed by atoms with van der Waals surface area (Å²) in [5, 5.41) is 8.77. The highest BCUT2D eigenvalue weighted by Gasteiger charge is 2.22. The maximum atomic E-state index is 10.7. The Balaban J connectivity index is 0. The summed E-state index contributed by atoms with van der Waals surface area (Å²) in [7, 11) is -4.21. The Morgan fingerprint density at radius 3 is 2.05 bits per heavy atom. The number of carboxylic acids is 1. The quantitative estimate of drug-likeness (QED) is 0.495. The van der Waals surface area contributed by atoms with E-state index >= 15 is 0 Å². The lowest BCUT2D eigenvalue weighted by Gasteiger charge is -2.12. The number of hydrogen-bond acceptors (Lipinski definition) is 4. The Hall–Kier alpha value is -1.67. The van der Waals surface area contributed by atoms with Crippen LogP contribution < -0.4 is 5.32 Å². The first-order valence-corrected chi connectivity index (χ1v) is 6.84. The van der Waals surface area contributed by atoms with Crippen LogP contribution in [0, 0.1) is 0 Å². The minimum Gasteiger partial charge on any atom is -0.478 e. The molecule has 1 amide bonds. The molecule has 0 fully saturated rings. The second kappa shape index (κ2) is 9.29. The molecule has 0 bridgehead atoms. The minimum absolute atomic E-state index is 0.176. The average molecular weight is 293 g/mol. The first-order valence-electron chi connectivity index (χ1n) is 5.34. The minimum atomic E-state index is -4.21. The third kappa shape index (κ3) is 11.2. The van der Waals surface area contributed by atoms with E-state index in [1.54, 1.807) is 6.92 Å². The maximum Gasteiger partial charge on any atom is 0.330 e. The molecule has 0 aliphatic carbocycles. The Labute approximate surface area is 112 Å². The zero-order chi connectivity index (χ0) is 15.6. The summed E-state index contributed by atoms with van der Waals surface area (Å²) < 4.78 is 30.0. The molecule has 0 aliphatic rings. The summed E-state index contributed by atoms with van der Waals surface area (Å²) in [5.74, 6) is -1.55. The molecule has 0 saturated heterocycles. The molecule has 110 valence electrons. The Morgan fingerprint density at radius 2 is 1.84 bits per heavy atom. The van der Waals surface area contributed by atoms with Crippen LogP contribution in [0.25, 0.3) is 0 Å². The molecule has 0 aromatic rings. The van der Waals surface area contributed by atoms with Gasteiger partial charge in [-0.3, -0.25) is 9.35 Å². The zero-order valence-electron chi connectivity index (χ0n) is 10.9. The van der Waals surface area contributed by atoms with Crippen molar-refractivity contribution in [3.05, 3.63) is 24.8 Å². The highest BCUT2D eigenvalue weighted by molar-refractivity contribution is 7.86. The van der Waals surface area contributed by atoms with E-state index in [9.17, 15) is 18.0 Å². The number of amides is 1. The molecule has 19 heavy (non-hydrogen) atoms. The van der Waals surface area contributed by atoms with Gasteiger partial charge in [0.1, 0.15) is 0 Å². The van der Waals surface area contributed by atoms with Crippen LogP contribution in [0.4, 0.5) is 0 Å². The number of carboxylic acid groups (broad SMARTS) is 1. The monoisotopic (exact) mass is 293 g/mol. The molecule has 3 N–H and O–H groups in total. The van der Waals surface area contributed by atoms with Gasteiger partial charge in [0.05, 0.1) is 0 Å². The average Bonchev–Trinajstić information content (AvgIpc) is 2.27. The summed E-state index contributed by atoms with van der Waals surface area (Å²) in [6, 6.07) is 0. The van der Waals surface area contributed by atoms with E-state index in [1.165, 1.54) is 6.92 Å². The van der Waals surface area contributed by atoms with Crippen LogP contribution in [0.5, 0.6) is 0 Å². The van der Waals surface area contributed by atoms with Crippen molar-refractivity contribution in [2.45, 2.75) is 32.1 Å². The van der Waals surface area contributed by atoms with Crippen LogP contribution in [0.15, 0.2) is 24.8 Å². The lowest BCUT2D eigenvalue weighted by Crippen LogP contribution is -2.39. The molecule has 1 atom stereocenters. The molecule has 0 aromatic carbocycles. The lowest BCUT2D eigenvalue weighted by atomic mass is 10.3. The van der Waals surface area contributed by atoms with Gasteiger partial charge in [-0.2, -0.15) is 8.42 Å². The van der Waals surface area contributed by atoms with Crippen molar-refractivity contribution < 1.29 is 27.7 Å². The van der Waals surface area contributed by atoms with Gasteiger partial charge in [0.2, 0.25) is 5.91 Å². The summed E-state index contributed by atoms with van der Waals surface area (Å²) in [5.41, 5.74) is 0.176. The molecule has 8 heteroatoms. The largest absolute Gasteiger partial charge is 0.478 e. The summed E-state index contributed by atoms with van der Waals surface area (Å²) in [6.07, 6.45) is 1.67. The van der Waals surface area contributed by atoms with Crippen molar-refractivity contribution in [1.29, 1.82) is 0 Å². The molecule has 0 aromatic heterocycles. The molecule has 0 saturated carbocycles. The number of carbonyl (C=O) groups excluding carboxylic acids is 1. The molecule has 0 spiro atoms. The van der Waals surface area contributed by atoms with Gasteiger partial charge in [-0.1, -0.05) is 26.5 Å². The van der Waals surface area contributed by atoms with Crippen molar-refractivity contribution in [2.75, 3.05) is 0 Å². The van der Waals surface area contributed by atoms with E-state index in [1.807, 2.05) is 0 Å². The number of carbonyl (C=O) groups is 2. The molecule has 0 radical (unpaired) electrons. The van der Waals surface area contributed by atoms with Gasteiger partial charge in [-0.25, -0.2) is 4.79 Å². The van der Waals surface area contributed by atoms with E-state index in [0.29, 0.717) is 6.42 Å². The number of hydrogen-bond donors (Lipinski definition) is 3. The van der Waals surface area contributed by atoms with Gasteiger partial charge in [0.25, 0.3) is 10.1 Å². The first-order chi connectivity index (χ1) is 8.56. The Kier molecular flexibility index (Phi) is 9.61. The topological polar surface area (TPSA) is 121 Å². The van der Waals surface area contributed by atoms with Gasteiger partial charge >= 0.3 is 5.97 Å². The summed E-state index contributed by atoms with van der Waals surface area (Å²) in [4.78, 5) is 20.3. The van der Waals surface area contributed by atoms with Gasteiger partial charge in [-0.05, 0) is 19.4 Å². The summed E-state index contributed by atoms with van der Waals surface area (Å²) in [6.45, 7) is 9.52. The second-order valence-corrected chi connectivity index (χ2v) is 5.19. The van der Waals surface area contributed by atoms with Gasteiger partial charge in [-0.15, -0.1) is 0 Å². The van der Waals surface area contributed by atoms with Crippen LogP contribution in [-0.4, -0.2) is 35.3 Å². The van der Waals surface area contributed by atoms with Crippen molar-refractivity contribution in [3.8, 4) is 0 Å². The number of nitrogens with one attached hydrogen (secondary N) is 1. The Bertz CT molecular complexity index is 428. The van der Waals surface area contributed by atoms with Crippen molar-refractivity contribution in [1.82, 2.24) is 5.32 Å². The zero-order valence-corrected chi connectivity index (χ0v) is 11.7. The van der Waals surface area contributed by atoms with E-state index < -0.39 is 27.4 Å². The van der Waals surface area contributed by atoms with Crippen molar-refractivity contribution in [3.63, 3.8) is 0 Å². The van der Waals surface area contributed by atoms with Crippen LogP contribution in [-0.2, 0) is 19.7 Å². The van der Waals surface area contributed by atoms with Crippen LogP contribution in [0.2, 0.25) is 0 Å². The molecule has 7 nitrogen and oxygen atoms in total. The maximum absolute atomic E-state index is 10.7. The van der Waals surface area contributed by atoms with E-state index in [-0.39, 0.29) is 12.0 Å². The fourth-order valence-corrected chi connectivity index (χ4v) is 1.57. The highest BCUT2D eigenvalue weighted by atomic mass is 32.2. The van der Waals surface area contributed by atoms with Crippen LogP contribution in [0.3, 0.4) is 0 Å². The van der Waals surface area contributed by atoms with Gasteiger partial charge in [0.15, 0.2) is 5.37 Å². The highest BCUT2D eigenvalue weighted by Crippen LogP contribution is 2.03. The van der Waals surface area contributed by atoms with Gasteiger partial charge in [0, 0.05) is 5.57 Å². The molecule has 0 rings (SSSR count). The summed E-state index contributed by atoms with van der Waals surface area (Å²) >= 11 is 0.